The van der Waals surface area contributed by atoms with Crippen LogP contribution in [0.4, 0.5) is 0 Å². The van der Waals surface area contributed by atoms with Gasteiger partial charge in [0.2, 0.25) is 5.91 Å². The second-order valence-electron chi connectivity index (χ2n) is 13.7. The first-order chi connectivity index (χ1) is 17.9. The van der Waals surface area contributed by atoms with Crippen LogP contribution in [0.5, 0.6) is 0 Å². The van der Waals surface area contributed by atoms with Gasteiger partial charge < -0.3 is 16.8 Å². The first-order valence-corrected chi connectivity index (χ1v) is 15.3. The lowest BCUT2D eigenvalue weighted by molar-refractivity contribution is -0.124. The number of carbonyl (C=O) groups excluding carboxylic acids is 1. The summed E-state index contributed by atoms with van der Waals surface area (Å²) in [5.41, 5.74) is 13.2. The summed E-state index contributed by atoms with van der Waals surface area (Å²) in [5.74, 6) is 0.000852. The highest BCUT2D eigenvalue weighted by molar-refractivity contribution is 5.77. The molecule has 1 amide bonds. The third-order valence-corrected chi connectivity index (χ3v) is 9.47. The Balaban J connectivity index is 1.42. The second-order valence-corrected chi connectivity index (χ2v) is 13.7. The van der Waals surface area contributed by atoms with Gasteiger partial charge in [-0.2, -0.15) is 0 Å². The van der Waals surface area contributed by atoms with E-state index in [2.05, 4.69) is 48.6 Å². The molecule has 1 aromatic rings. The van der Waals surface area contributed by atoms with Gasteiger partial charge in [0.05, 0.1) is 11.2 Å². The fourth-order valence-corrected chi connectivity index (χ4v) is 6.63. The molecule has 1 heterocycles. The van der Waals surface area contributed by atoms with Crippen molar-refractivity contribution >= 4 is 5.91 Å². The second kappa shape index (κ2) is 13.6. The summed E-state index contributed by atoms with van der Waals surface area (Å²) < 4.78 is 1.94. The van der Waals surface area contributed by atoms with E-state index in [9.17, 15) is 4.79 Å². The lowest BCUT2D eigenvalue weighted by Crippen LogP contribution is -2.67. The molecule has 1 aromatic heterocycles. The van der Waals surface area contributed by atoms with Gasteiger partial charge in [0.25, 0.3) is 0 Å². The molecule has 7 heteroatoms. The summed E-state index contributed by atoms with van der Waals surface area (Å²) in [6, 6.07) is 0. The van der Waals surface area contributed by atoms with Crippen LogP contribution in [-0.2, 0) is 17.8 Å². The van der Waals surface area contributed by atoms with E-state index < -0.39 is 11.1 Å². The SMILES string of the molecule is CC1(N)CCCC(C)(N)C(C)(NC(=O)CCc2cn(CCCCC3(C)CC/C=C\CCCCCC3)nn2)C1. The molecule has 0 aliphatic heterocycles. The number of nitrogens with two attached hydrogens (primary N) is 2. The van der Waals surface area contributed by atoms with Crippen LogP contribution in [0.25, 0.3) is 0 Å². The Morgan fingerprint density at radius 1 is 0.947 bits per heavy atom. The van der Waals surface area contributed by atoms with E-state index >= 15 is 0 Å². The number of hydrogen-bond donors (Lipinski definition) is 3. The van der Waals surface area contributed by atoms with E-state index in [0.29, 0.717) is 24.7 Å². The Morgan fingerprint density at radius 3 is 2.53 bits per heavy atom. The van der Waals surface area contributed by atoms with Gasteiger partial charge in [-0.25, -0.2) is 0 Å². The highest BCUT2D eigenvalue weighted by atomic mass is 16.1. The molecule has 5 N–H and O–H groups in total. The molecule has 1 fully saturated rings. The van der Waals surface area contributed by atoms with Crippen molar-refractivity contribution in [3.05, 3.63) is 24.0 Å². The Kier molecular flexibility index (Phi) is 11.0. The van der Waals surface area contributed by atoms with Crippen LogP contribution in [0.1, 0.15) is 136 Å². The van der Waals surface area contributed by atoms with Crippen LogP contribution >= 0.6 is 0 Å². The zero-order valence-corrected chi connectivity index (χ0v) is 24.9. The lowest BCUT2D eigenvalue weighted by atomic mass is 9.73. The number of hydrogen-bond acceptors (Lipinski definition) is 5. The Labute approximate surface area is 231 Å². The van der Waals surface area contributed by atoms with Crippen molar-refractivity contribution in [2.75, 3.05) is 0 Å². The van der Waals surface area contributed by atoms with Gasteiger partial charge in [-0.3, -0.25) is 9.48 Å². The zero-order valence-electron chi connectivity index (χ0n) is 24.9. The highest BCUT2D eigenvalue weighted by Crippen LogP contribution is 2.38. The van der Waals surface area contributed by atoms with Crippen LogP contribution in [0, 0.1) is 5.41 Å². The van der Waals surface area contributed by atoms with Crippen molar-refractivity contribution in [1.82, 2.24) is 20.3 Å². The van der Waals surface area contributed by atoms with Gasteiger partial charge in [-0.05, 0) is 96.8 Å². The van der Waals surface area contributed by atoms with Crippen LogP contribution in [-0.4, -0.2) is 37.5 Å². The number of nitrogens with zero attached hydrogens (tertiary/aromatic N) is 3. The minimum Gasteiger partial charge on any atom is -0.349 e. The monoisotopic (exact) mass is 528 g/mol. The van der Waals surface area contributed by atoms with E-state index in [1.807, 2.05) is 17.8 Å². The predicted octanol–water partition coefficient (Wildman–Crippen LogP) is 5.96. The van der Waals surface area contributed by atoms with Crippen molar-refractivity contribution in [2.24, 2.45) is 16.9 Å². The molecule has 38 heavy (non-hydrogen) atoms. The number of aromatic nitrogens is 3. The predicted molar refractivity (Wildman–Crippen MR) is 157 cm³/mol. The number of amides is 1. The van der Waals surface area contributed by atoms with Crippen LogP contribution in [0.2, 0.25) is 0 Å². The number of nitrogens with one attached hydrogen (secondary N) is 1. The lowest BCUT2D eigenvalue weighted by Gasteiger charge is -2.46. The molecule has 0 bridgehead atoms. The molecule has 0 radical (unpaired) electrons. The molecule has 1 saturated carbocycles. The van der Waals surface area contributed by atoms with Crippen molar-refractivity contribution in [3.8, 4) is 0 Å². The first-order valence-electron chi connectivity index (χ1n) is 15.3. The van der Waals surface area contributed by atoms with Gasteiger partial charge in [-0.1, -0.05) is 50.0 Å². The summed E-state index contributed by atoms with van der Waals surface area (Å²) in [6.07, 6.45) is 25.3. The smallest absolute Gasteiger partial charge is 0.220 e. The number of unbranched alkanes of at least 4 members (excludes halogenated alkanes) is 1. The standard InChI is InChI=1S/C31H56N6O/c1-28(18-11-9-7-5-6-8-10-12-19-28)20-13-14-23-37-24-26(35-36-37)16-17-27(38)34-31(4)25-29(2,32)21-15-22-30(31,3)33/h7,9,24H,5-6,8,10-23,25,32-33H2,1-4H3,(H,34,38)/b9-7-. The van der Waals surface area contributed by atoms with E-state index in [1.54, 1.807) is 0 Å². The fourth-order valence-electron chi connectivity index (χ4n) is 6.63. The van der Waals surface area contributed by atoms with Crippen molar-refractivity contribution in [2.45, 2.75) is 160 Å². The normalized spacial score (nSPS) is 34.2. The summed E-state index contributed by atoms with van der Waals surface area (Å²) in [6.45, 7) is 9.53. The molecule has 4 unspecified atom stereocenters. The summed E-state index contributed by atoms with van der Waals surface area (Å²) >= 11 is 0. The molecule has 4 atom stereocenters. The quantitative estimate of drug-likeness (QED) is 0.208. The molecule has 0 spiro atoms. The summed E-state index contributed by atoms with van der Waals surface area (Å²) in [7, 11) is 0. The minimum atomic E-state index is -0.539. The average molecular weight is 529 g/mol. The number of allylic oxidation sites excluding steroid dienone is 2. The Bertz CT molecular complexity index is 906. The maximum atomic E-state index is 12.9. The van der Waals surface area contributed by atoms with Crippen LogP contribution in [0.3, 0.4) is 0 Å². The molecule has 3 rings (SSSR count). The van der Waals surface area contributed by atoms with Gasteiger partial charge in [0.15, 0.2) is 0 Å². The fraction of sp³-hybridized carbons (Fsp3) is 0.839. The van der Waals surface area contributed by atoms with Gasteiger partial charge in [-0.15, -0.1) is 5.10 Å². The molecule has 0 aromatic carbocycles. The van der Waals surface area contributed by atoms with Crippen molar-refractivity contribution < 1.29 is 4.79 Å². The first kappa shape index (κ1) is 30.8. The maximum absolute atomic E-state index is 12.9. The molecular formula is C31H56N6O. The topological polar surface area (TPSA) is 112 Å². The largest absolute Gasteiger partial charge is 0.349 e. The van der Waals surface area contributed by atoms with Crippen molar-refractivity contribution in [1.29, 1.82) is 0 Å². The van der Waals surface area contributed by atoms with Crippen molar-refractivity contribution in [3.63, 3.8) is 0 Å². The summed E-state index contributed by atoms with van der Waals surface area (Å²) in [5, 5.41) is 11.9. The summed E-state index contributed by atoms with van der Waals surface area (Å²) in [4.78, 5) is 12.9. The number of carbonyl (C=O) groups is 1. The third kappa shape index (κ3) is 9.48. The Hall–Kier alpha value is -1.73. The van der Waals surface area contributed by atoms with E-state index in [4.69, 9.17) is 11.5 Å². The maximum Gasteiger partial charge on any atom is 0.220 e. The molecule has 7 nitrogen and oxygen atoms in total. The van der Waals surface area contributed by atoms with Crippen LogP contribution in [0.15, 0.2) is 18.3 Å². The van der Waals surface area contributed by atoms with Gasteiger partial charge in [0, 0.05) is 36.7 Å². The van der Waals surface area contributed by atoms with Gasteiger partial charge in [0.1, 0.15) is 0 Å². The molecule has 216 valence electrons. The Morgan fingerprint density at radius 2 is 1.71 bits per heavy atom. The number of aryl methyl sites for hydroxylation is 2. The van der Waals surface area contributed by atoms with E-state index in [0.717, 1.165) is 37.9 Å². The highest BCUT2D eigenvalue weighted by Gasteiger charge is 2.48. The van der Waals surface area contributed by atoms with Crippen LogP contribution < -0.4 is 16.8 Å². The van der Waals surface area contributed by atoms with Gasteiger partial charge >= 0.3 is 0 Å². The molecule has 2 aliphatic carbocycles. The molecule has 2 aliphatic rings. The molecule has 0 saturated heterocycles. The molecular weight excluding hydrogens is 472 g/mol. The van der Waals surface area contributed by atoms with E-state index in [1.165, 1.54) is 64.2 Å². The minimum absolute atomic E-state index is 0.000852. The zero-order chi connectivity index (χ0) is 27.7. The average Bonchev–Trinajstić information content (AvgIpc) is 3.24. The third-order valence-electron chi connectivity index (χ3n) is 9.47. The number of rotatable bonds is 9. The van der Waals surface area contributed by atoms with E-state index in [-0.39, 0.29) is 11.4 Å².